The highest BCUT2D eigenvalue weighted by Crippen LogP contribution is 2.23. The summed E-state index contributed by atoms with van der Waals surface area (Å²) in [4.78, 5) is 14.8. The van der Waals surface area contributed by atoms with Crippen molar-refractivity contribution in [3.8, 4) is 0 Å². The molecule has 2 aromatic carbocycles. The number of ether oxygens (including phenoxy) is 1. The quantitative estimate of drug-likeness (QED) is 0.671. The van der Waals surface area contributed by atoms with Crippen LogP contribution in [0, 0.1) is 5.82 Å². The molecule has 1 aliphatic heterocycles. The summed E-state index contributed by atoms with van der Waals surface area (Å²) >= 11 is 0. The molecule has 1 atom stereocenters. The van der Waals surface area contributed by atoms with Gasteiger partial charge in [0.25, 0.3) is 5.91 Å². The van der Waals surface area contributed by atoms with Crippen LogP contribution in [0.5, 0.6) is 0 Å². The Morgan fingerprint density at radius 1 is 1.17 bits per heavy atom. The minimum atomic E-state index is -3.83. The van der Waals surface area contributed by atoms with Crippen molar-refractivity contribution in [1.82, 2.24) is 9.21 Å². The number of morpholine rings is 1. The highest BCUT2D eigenvalue weighted by Gasteiger charge is 2.29. The van der Waals surface area contributed by atoms with E-state index in [4.69, 9.17) is 4.74 Å². The molecule has 6 nitrogen and oxygen atoms in total. The third-order valence-corrected chi connectivity index (χ3v) is 7.25. The van der Waals surface area contributed by atoms with Crippen LogP contribution < -0.4 is 0 Å². The lowest BCUT2D eigenvalue weighted by atomic mass is 10.1. The van der Waals surface area contributed by atoms with Crippen LogP contribution in [-0.4, -0.2) is 55.9 Å². The summed E-state index contributed by atoms with van der Waals surface area (Å²) in [6.07, 6.45) is 0.686. The van der Waals surface area contributed by atoms with E-state index in [2.05, 4.69) is 0 Å². The van der Waals surface area contributed by atoms with Gasteiger partial charge in [-0.05, 0) is 37.1 Å². The first-order valence-corrected chi connectivity index (χ1v) is 11.5. The van der Waals surface area contributed by atoms with Crippen LogP contribution in [0.25, 0.3) is 0 Å². The predicted octanol–water partition coefficient (Wildman–Crippen LogP) is 3.29. The number of hydrogen-bond donors (Lipinski definition) is 0. The fraction of sp³-hybridized carbons (Fsp3) is 0.409. The van der Waals surface area contributed by atoms with E-state index in [0.717, 1.165) is 17.7 Å². The molecular weight excluding hydrogens is 407 g/mol. The van der Waals surface area contributed by atoms with Crippen LogP contribution in [0.3, 0.4) is 0 Å². The summed E-state index contributed by atoms with van der Waals surface area (Å²) in [5, 5.41) is 0. The molecule has 30 heavy (non-hydrogen) atoms. The summed E-state index contributed by atoms with van der Waals surface area (Å²) in [6.45, 7) is 5.25. The lowest BCUT2D eigenvalue weighted by molar-refractivity contribution is 0.0666. The van der Waals surface area contributed by atoms with E-state index in [1.54, 1.807) is 4.90 Å². The standard InChI is InChI=1S/C22H27FN2O4S/c1-3-17(2)25(16-18-7-5-4-6-8-18)22(26)20-15-19(9-10-21(20)23)30(27,28)24-11-13-29-14-12-24/h4-10,15,17H,3,11-14,16H2,1-2H3/t17-/m0/s1. The van der Waals surface area contributed by atoms with Crippen LogP contribution >= 0.6 is 0 Å². The van der Waals surface area contributed by atoms with Gasteiger partial charge in [-0.3, -0.25) is 4.79 Å². The molecule has 1 saturated heterocycles. The molecule has 0 aromatic heterocycles. The van der Waals surface area contributed by atoms with E-state index < -0.39 is 21.7 Å². The molecule has 1 aliphatic rings. The van der Waals surface area contributed by atoms with Crippen LogP contribution in [0.2, 0.25) is 0 Å². The summed E-state index contributed by atoms with van der Waals surface area (Å²) < 4.78 is 47.0. The third kappa shape index (κ3) is 4.88. The molecule has 0 unspecified atom stereocenters. The summed E-state index contributed by atoms with van der Waals surface area (Å²) in [5.74, 6) is -1.26. The van der Waals surface area contributed by atoms with Crippen LogP contribution in [0.1, 0.15) is 36.2 Å². The summed E-state index contributed by atoms with van der Waals surface area (Å²) in [5.41, 5.74) is 0.684. The second kappa shape index (κ2) is 9.68. The van der Waals surface area contributed by atoms with Gasteiger partial charge < -0.3 is 9.64 Å². The van der Waals surface area contributed by atoms with Gasteiger partial charge >= 0.3 is 0 Å². The second-order valence-electron chi connectivity index (χ2n) is 7.33. The molecule has 0 aliphatic carbocycles. The third-order valence-electron chi connectivity index (χ3n) is 5.36. The van der Waals surface area contributed by atoms with Gasteiger partial charge in [0.2, 0.25) is 10.0 Å². The number of rotatable bonds is 7. The van der Waals surface area contributed by atoms with E-state index in [9.17, 15) is 17.6 Å². The van der Waals surface area contributed by atoms with E-state index in [-0.39, 0.29) is 29.6 Å². The largest absolute Gasteiger partial charge is 0.379 e. The van der Waals surface area contributed by atoms with Crippen molar-refractivity contribution in [2.45, 2.75) is 37.8 Å². The number of sulfonamides is 1. The van der Waals surface area contributed by atoms with Gasteiger partial charge in [-0.2, -0.15) is 4.31 Å². The van der Waals surface area contributed by atoms with Crippen molar-refractivity contribution < 1.29 is 22.3 Å². The summed E-state index contributed by atoms with van der Waals surface area (Å²) in [7, 11) is -3.83. The average molecular weight is 435 g/mol. The lowest BCUT2D eigenvalue weighted by Gasteiger charge is -2.29. The van der Waals surface area contributed by atoms with E-state index in [0.29, 0.717) is 26.2 Å². The highest BCUT2D eigenvalue weighted by molar-refractivity contribution is 7.89. The lowest BCUT2D eigenvalue weighted by Crippen LogP contribution is -2.41. The van der Waals surface area contributed by atoms with E-state index >= 15 is 0 Å². The summed E-state index contributed by atoms with van der Waals surface area (Å²) in [6, 6.07) is 12.7. The molecule has 2 aromatic rings. The minimum Gasteiger partial charge on any atom is -0.379 e. The number of halogens is 1. The number of carbonyl (C=O) groups is 1. The first-order valence-electron chi connectivity index (χ1n) is 10.1. The van der Waals surface area contributed by atoms with Crippen LogP contribution in [0.4, 0.5) is 4.39 Å². The molecule has 1 amide bonds. The zero-order chi connectivity index (χ0) is 21.7. The van der Waals surface area contributed by atoms with E-state index in [1.165, 1.54) is 10.4 Å². The van der Waals surface area contributed by atoms with Gasteiger partial charge in [0.15, 0.2) is 0 Å². The number of nitrogens with zero attached hydrogens (tertiary/aromatic N) is 2. The maximum absolute atomic E-state index is 14.6. The smallest absolute Gasteiger partial charge is 0.257 e. The van der Waals surface area contributed by atoms with Gasteiger partial charge in [0.1, 0.15) is 5.82 Å². The van der Waals surface area contributed by atoms with Crippen molar-refractivity contribution in [3.05, 3.63) is 65.5 Å². The Hall–Kier alpha value is -2.29. The molecular formula is C22H27FN2O4S. The Morgan fingerprint density at radius 2 is 1.83 bits per heavy atom. The number of carbonyl (C=O) groups excluding carboxylic acids is 1. The Bertz CT molecular complexity index is 976. The van der Waals surface area contributed by atoms with Crippen molar-refractivity contribution in [2.75, 3.05) is 26.3 Å². The molecule has 0 bridgehead atoms. The second-order valence-corrected chi connectivity index (χ2v) is 9.27. The molecule has 1 heterocycles. The average Bonchev–Trinajstić information content (AvgIpc) is 2.78. The molecule has 0 saturated carbocycles. The maximum atomic E-state index is 14.6. The zero-order valence-electron chi connectivity index (χ0n) is 17.3. The molecule has 162 valence electrons. The Balaban J connectivity index is 1.94. The van der Waals surface area contributed by atoms with Crippen LogP contribution in [-0.2, 0) is 21.3 Å². The zero-order valence-corrected chi connectivity index (χ0v) is 18.1. The Labute approximate surface area is 177 Å². The fourth-order valence-corrected chi connectivity index (χ4v) is 4.78. The number of amides is 1. The maximum Gasteiger partial charge on any atom is 0.257 e. The van der Waals surface area contributed by atoms with Crippen LogP contribution in [0.15, 0.2) is 53.4 Å². The number of hydrogen-bond acceptors (Lipinski definition) is 4. The van der Waals surface area contributed by atoms with Gasteiger partial charge in [0, 0.05) is 25.7 Å². The fourth-order valence-electron chi connectivity index (χ4n) is 3.35. The molecule has 0 N–H and O–H groups in total. The number of benzene rings is 2. The predicted molar refractivity (Wildman–Crippen MR) is 112 cm³/mol. The Kier molecular flexibility index (Phi) is 7.23. The minimum absolute atomic E-state index is 0.0852. The first-order chi connectivity index (χ1) is 14.3. The van der Waals surface area contributed by atoms with Gasteiger partial charge in [-0.1, -0.05) is 37.3 Å². The SMILES string of the molecule is CC[C@H](C)N(Cc1ccccc1)C(=O)c1cc(S(=O)(=O)N2CCOCC2)ccc1F. The monoisotopic (exact) mass is 434 g/mol. The van der Waals surface area contributed by atoms with Gasteiger partial charge in [-0.25, -0.2) is 12.8 Å². The Morgan fingerprint density at radius 3 is 2.47 bits per heavy atom. The first kappa shape index (κ1) is 22.4. The topological polar surface area (TPSA) is 66.9 Å². The molecule has 0 spiro atoms. The van der Waals surface area contributed by atoms with Crippen molar-refractivity contribution in [1.29, 1.82) is 0 Å². The van der Waals surface area contributed by atoms with Gasteiger partial charge in [0.05, 0.1) is 23.7 Å². The molecule has 0 radical (unpaired) electrons. The van der Waals surface area contributed by atoms with Crippen molar-refractivity contribution in [2.24, 2.45) is 0 Å². The van der Waals surface area contributed by atoms with E-state index in [1.807, 2.05) is 44.2 Å². The van der Waals surface area contributed by atoms with Crippen molar-refractivity contribution >= 4 is 15.9 Å². The van der Waals surface area contributed by atoms with Crippen molar-refractivity contribution in [3.63, 3.8) is 0 Å². The normalized spacial score (nSPS) is 16.2. The molecule has 8 heteroatoms. The highest BCUT2D eigenvalue weighted by atomic mass is 32.2. The molecule has 3 rings (SSSR count). The molecule has 1 fully saturated rings. The van der Waals surface area contributed by atoms with Gasteiger partial charge in [-0.15, -0.1) is 0 Å².